The Morgan fingerprint density at radius 3 is 2.52 bits per heavy atom. The van der Waals surface area contributed by atoms with Gasteiger partial charge in [-0.05, 0) is 102 Å². The molecule has 44 heavy (non-hydrogen) atoms. The van der Waals surface area contributed by atoms with Crippen LogP contribution in [-0.4, -0.2) is 60.1 Å². The summed E-state index contributed by atoms with van der Waals surface area (Å²) in [5.41, 5.74) is 9.28. The first-order valence-electron chi connectivity index (χ1n) is 14.9. The molecule has 2 fully saturated rings. The minimum absolute atomic E-state index is 0.0164. The van der Waals surface area contributed by atoms with Crippen molar-refractivity contribution < 1.29 is 28.2 Å². The fraction of sp³-hybridized carbons (Fsp3) is 0.562. The Balaban J connectivity index is 1.58. The zero-order chi connectivity index (χ0) is 32.1. The van der Waals surface area contributed by atoms with E-state index in [1.165, 1.54) is 12.1 Å². The number of azide groups is 1. The van der Waals surface area contributed by atoms with Crippen molar-refractivity contribution in [1.82, 2.24) is 4.90 Å². The summed E-state index contributed by atoms with van der Waals surface area (Å²) in [7, 11) is 0. The number of ether oxygens (including phenoxy) is 3. The van der Waals surface area contributed by atoms with E-state index in [2.05, 4.69) is 15.3 Å². The highest BCUT2D eigenvalue weighted by Gasteiger charge is 2.45. The number of amides is 2. The smallest absolute Gasteiger partial charge is 0.412 e. The van der Waals surface area contributed by atoms with E-state index in [1.807, 2.05) is 12.1 Å². The summed E-state index contributed by atoms with van der Waals surface area (Å²) in [5.74, 6) is -1.46. The van der Waals surface area contributed by atoms with Gasteiger partial charge >= 0.3 is 6.09 Å². The zero-order valence-corrected chi connectivity index (χ0v) is 26.6. The van der Waals surface area contributed by atoms with E-state index in [4.69, 9.17) is 25.8 Å². The molecule has 1 N–H and O–H groups in total. The van der Waals surface area contributed by atoms with Crippen molar-refractivity contribution in [1.29, 1.82) is 0 Å². The van der Waals surface area contributed by atoms with Gasteiger partial charge in [-0.15, -0.1) is 0 Å². The van der Waals surface area contributed by atoms with Gasteiger partial charge in [-0.2, -0.15) is 0 Å². The minimum atomic E-state index is -1.10. The largest absolute Gasteiger partial charge is 0.444 e. The molecule has 2 heterocycles. The molecule has 2 aromatic rings. The van der Waals surface area contributed by atoms with Crippen LogP contribution in [0.3, 0.4) is 0 Å². The molecular weight excluding hydrogens is 589 g/mol. The summed E-state index contributed by atoms with van der Waals surface area (Å²) in [4.78, 5) is 31.5. The molecule has 2 aliphatic heterocycles. The predicted molar refractivity (Wildman–Crippen MR) is 166 cm³/mol. The fourth-order valence-electron chi connectivity index (χ4n) is 6.04. The van der Waals surface area contributed by atoms with Crippen molar-refractivity contribution in [3.8, 4) is 0 Å². The molecule has 2 amide bonds. The predicted octanol–water partition coefficient (Wildman–Crippen LogP) is 7.61. The molecule has 2 saturated heterocycles. The van der Waals surface area contributed by atoms with Gasteiger partial charge in [0.05, 0.1) is 12.6 Å². The maximum Gasteiger partial charge on any atom is 0.412 e. The number of carbonyl (C=O) groups is 2. The maximum absolute atomic E-state index is 15.3. The molecule has 0 bridgehead atoms. The minimum Gasteiger partial charge on any atom is -0.444 e. The van der Waals surface area contributed by atoms with Gasteiger partial charge in [-0.25, -0.2) is 9.18 Å². The Morgan fingerprint density at radius 1 is 1.20 bits per heavy atom. The molecular formula is C32H41ClFN5O5. The van der Waals surface area contributed by atoms with Gasteiger partial charge in [0.15, 0.2) is 0 Å². The Hall–Kier alpha value is -3.37. The lowest BCUT2D eigenvalue weighted by Crippen LogP contribution is -2.50. The van der Waals surface area contributed by atoms with Crippen LogP contribution in [0, 0.1) is 11.7 Å². The maximum atomic E-state index is 15.3. The number of anilines is 1. The van der Waals surface area contributed by atoms with Gasteiger partial charge in [-0.1, -0.05) is 34.9 Å². The molecule has 2 aromatic carbocycles. The topological polar surface area (TPSA) is 126 Å². The van der Waals surface area contributed by atoms with Crippen molar-refractivity contribution in [3.05, 3.63) is 74.9 Å². The van der Waals surface area contributed by atoms with E-state index in [0.29, 0.717) is 37.5 Å². The van der Waals surface area contributed by atoms with E-state index in [1.54, 1.807) is 57.7 Å². The third-order valence-corrected chi connectivity index (χ3v) is 8.33. The molecule has 0 aliphatic carbocycles. The number of nitrogens with one attached hydrogen (secondary N) is 1. The van der Waals surface area contributed by atoms with Gasteiger partial charge in [0.1, 0.15) is 23.2 Å². The Labute approximate surface area is 262 Å². The van der Waals surface area contributed by atoms with Gasteiger partial charge in [0.2, 0.25) is 5.91 Å². The number of benzene rings is 2. The van der Waals surface area contributed by atoms with Gasteiger partial charge in [-0.3, -0.25) is 9.69 Å². The molecule has 3 atom stereocenters. The van der Waals surface area contributed by atoms with E-state index >= 15 is 4.39 Å². The standard InChI is InChI=1S/C32H41ClFN5O5/c1-31(2,3)44-30(41)39-23(19-43-32(39,4)5)13-14-24-25(34)7-6-8-26(24)36-29(40)28(37-38-35)27(21-15-17-42-18-16-21)20-9-11-22(33)12-10-20/h6-12,21,23,27-28H,13-19H2,1-5H3,(H,36,40)/t23?,27-,28-/m0/s1. The molecule has 0 aromatic heterocycles. The first-order valence-corrected chi connectivity index (χ1v) is 15.3. The number of nitrogens with zero attached hydrogens (tertiary/aromatic N) is 4. The van der Waals surface area contributed by atoms with Crippen LogP contribution in [-0.2, 0) is 25.4 Å². The zero-order valence-electron chi connectivity index (χ0n) is 25.9. The van der Waals surface area contributed by atoms with Gasteiger partial charge < -0.3 is 19.5 Å². The highest BCUT2D eigenvalue weighted by Crippen LogP contribution is 2.38. The summed E-state index contributed by atoms with van der Waals surface area (Å²) in [6.45, 7) is 10.3. The van der Waals surface area contributed by atoms with E-state index in [0.717, 1.165) is 5.56 Å². The highest BCUT2D eigenvalue weighted by molar-refractivity contribution is 6.30. The summed E-state index contributed by atoms with van der Waals surface area (Å²) in [5, 5.41) is 7.36. The van der Waals surface area contributed by atoms with Gasteiger partial charge in [0.25, 0.3) is 0 Å². The average Bonchev–Trinajstić information content (AvgIpc) is 3.27. The number of hydrogen-bond acceptors (Lipinski definition) is 6. The number of halogens is 2. The first-order chi connectivity index (χ1) is 20.8. The van der Waals surface area contributed by atoms with Crippen LogP contribution in [0.25, 0.3) is 10.4 Å². The summed E-state index contributed by atoms with van der Waals surface area (Å²) < 4.78 is 32.4. The second-order valence-electron chi connectivity index (χ2n) is 12.7. The number of carbonyl (C=O) groups excluding carboxylic acids is 2. The van der Waals surface area contributed by atoms with Crippen LogP contribution >= 0.6 is 11.6 Å². The van der Waals surface area contributed by atoms with E-state index in [-0.39, 0.29) is 36.2 Å². The summed E-state index contributed by atoms with van der Waals surface area (Å²) in [6.07, 6.45) is 1.44. The fourth-order valence-corrected chi connectivity index (χ4v) is 6.16. The summed E-state index contributed by atoms with van der Waals surface area (Å²) >= 11 is 6.14. The van der Waals surface area contributed by atoms with Gasteiger partial charge in [0, 0.05) is 40.3 Å². The Morgan fingerprint density at radius 2 is 1.89 bits per heavy atom. The lowest BCUT2D eigenvalue weighted by Gasteiger charge is -2.35. The van der Waals surface area contributed by atoms with Crippen molar-refractivity contribution in [3.63, 3.8) is 0 Å². The Bertz CT molecular complexity index is 1370. The molecule has 238 valence electrons. The lowest BCUT2D eigenvalue weighted by atomic mass is 9.76. The summed E-state index contributed by atoms with van der Waals surface area (Å²) in [6, 6.07) is 10.1. The van der Waals surface area contributed by atoms with Crippen LogP contribution in [0.15, 0.2) is 47.6 Å². The first kappa shape index (κ1) is 33.5. The molecule has 0 radical (unpaired) electrons. The molecule has 4 rings (SSSR count). The monoisotopic (exact) mass is 629 g/mol. The van der Waals surface area contributed by atoms with Crippen LogP contribution in [0.5, 0.6) is 0 Å². The molecule has 10 nitrogen and oxygen atoms in total. The Kier molecular flexibility index (Phi) is 10.8. The van der Waals surface area contributed by atoms with Crippen LogP contribution < -0.4 is 5.32 Å². The third kappa shape index (κ3) is 8.21. The van der Waals surface area contributed by atoms with Crippen LogP contribution in [0.2, 0.25) is 5.02 Å². The number of rotatable bonds is 9. The van der Waals surface area contributed by atoms with Crippen LogP contribution in [0.4, 0.5) is 14.9 Å². The van der Waals surface area contributed by atoms with Crippen molar-refractivity contribution >= 4 is 29.3 Å². The molecule has 12 heteroatoms. The SMILES string of the molecule is CC(C)(C)OC(=O)N1C(CCc2c(F)cccc2NC(=O)[C@@H](N=[N+]=[N-])[C@@H](c2ccc(Cl)cc2)C2CCOCC2)COC1(C)C. The molecule has 1 unspecified atom stereocenters. The second-order valence-corrected chi connectivity index (χ2v) is 13.2. The molecule has 0 saturated carbocycles. The van der Waals surface area contributed by atoms with Crippen molar-refractivity contribution in [2.45, 2.75) is 89.6 Å². The normalized spacial score (nSPS) is 20.0. The van der Waals surface area contributed by atoms with Crippen molar-refractivity contribution in [2.75, 3.05) is 25.1 Å². The molecule has 2 aliphatic rings. The van der Waals surface area contributed by atoms with Crippen molar-refractivity contribution in [2.24, 2.45) is 11.0 Å². The average molecular weight is 630 g/mol. The quantitative estimate of drug-likeness (QED) is 0.173. The number of hydrogen-bond donors (Lipinski definition) is 1. The lowest BCUT2D eigenvalue weighted by molar-refractivity contribution is -0.118. The van der Waals surface area contributed by atoms with Crippen LogP contribution in [0.1, 0.15) is 70.9 Å². The second kappa shape index (κ2) is 14.2. The van der Waals surface area contributed by atoms with E-state index < -0.39 is 41.1 Å². The highest BCUT2D eigenvalue weighted by atomic mass is 35.5. The molecule has 0 spiro atoms. The van der Waals surface area contributed by atoms with E-state index in [9.17, 15) is 15.1 Å². The third-order valence-electron chi connectivity index (χ3n) is 8.08.